The largest absolute Gasteiger partial charge is 0.313 e. The molecule has 0 aliphatic carbocycles. The molecule has 1 unspecified atom stereocenters. The Labute approximate surface area is 129 Å². The van der Waals surface area contributed by atoms with E-state index in [-0.39, 0.29) is 6.04 Å². The Morgan fingerprint density at radius 2 is 2.10 bits per heavy atom. The maximum absolute atomic E-state index is 12.9. The third kappa shape index (κ3) is 4.28. The standard InChI is InChI=1S/C15H29N3O2S/c1-13(2)16-12-15-6-4-5-9-18(15)21(19,20)17-10-7-14(3)8-11-17/h7,13,15-16H,4-6,8-12H2,1-3H3. The number of piperidine rings is 1. The van der Waals surface area contributed by atoms with Crippen LogP contribution in [0.4, 0.5) is 0 Å². The van der Waals surface area contributed by atoms with E-state index >= 15 is 0 Å². The lowest BCUT2D eigenvalue weighted by atomic mass is 10.0. The molecule has 21 heavy (non-hydrogen) atoms. The molecule has 0 spiro atoms. The summed E-state index contributed by atoms with van der Waals surface area (Å²) in [5.41, 5.74) is 1.29. The average molecular weight is 315 g/mol. The van der Waals surface area contributed by atoms with E-state index in [1.54, 1.807) is 8.61 Å². The van der Waals surface area contributed by atoms with E-state index in [1.165, 1.54) is 5.57 Å². The molecule has 1 atom stereocenters. The molecule has 0 saturated carbocycles. The third-order valence-electron chi connectivity index (χ3n) is 4.36. The Kier molecular flexibility index (Phi) is 5.82. The summed E-state index contributed by atoms with van der Waals surface area (Å²) >= 11 is 0. The molecule has 6 heteroatoms. The van der Waals surface area contributed by atoms with Gasteiger partial charge in [0.2, 0.25) is 0 Å². The van der Waals surface area contributed by atoms with Crippen LogP contribution in [0.25, 0.3) is 0 Å². The predicted octanol–water partition coefficient (Wildman–Crippen LogP) is 1.74. The lowest BCUT2D eigenvalue weighted by molar-refractivity contribution is 0.224. The van der Waals surface area contributed by atoms with Gasteiger partial charge in [0.1, 0.15) is 0 Å². The third-order valence-corrected chi connectivity index (χ3v) is 6.41. The fourth-order valence-corrected chi connectivity index (χ4v) is 4.76. The van der Waals surface area contributed by atoms with E-state index in [4.69, 9.17) is 0 Å². The maximum atomic E-state index is 12.9. The summed E-state index contributed by atoms with van der Waals surface area (Å²) in [7, 11) is -3.32. The van der Waals surface area contributed by atoms with Crippen LogP contribution in [0, 0.1) is 0 Å². The van der Waals surface area contributed by atoms with Crippen LogP contribution in [0.15, 0.2) is 11.6 Å². The fraction of sp³-hybridized carbons (Fsp3) is 0.867. The summed E-state index contributed by atoms with van der Waals surface area (Å²) < 4.78 is 29.2. The second-order valence-electron chi connectivity index (χ2n) is 6.49. The first-order chi connectivity index (χ1) is 9.91. The fourth-order valence-electron chi connectivity index (χ4n) is 2.96. The van der Waals surface area contributed by atoms with Gasteiger partial charge in [0.15, 0.2) is 0 Å². The van der Waals surface area contributed by atoms with E-state index in [0.717, 1.165) is 32.2 Å². The summed E-state index contributed by atoms with van der Waals surface area (Å²) in [5, 5.41) is 3.39. The van der Waals surface area contributed by atoms with Gasteiger partial charge in [0, 0.05) is 38.3 Å². The summed E-state index contributed by atoms with van der Waals surface area (Å²) in [4.78, 5) is 0. The summed E-state index contributed by atoms with van der Waals surface area (Å²) in [5.74, 6) is 0. The molecule has 0 radical (unpaired) electrons. The molecule has 2 aliphatic rings. The minimum Gasteiger partial charge on any atom is -0.313 e. The highest BCUT2D eigenvalue weighted by molar-refractivity contribution is 7.86. The number of nitrogens with zero attached hydrogens (tertiary/aromatic N) is 2. The molecule has 5 nitrogen and oxygen atoms in total. The van der Waals surface area contributed by atoms with Gasteiger partial charge in [-0.1, -0.05) is 31.9 Å². The van der Waals surface area contributed by atoms with Gasteiger partial charge in [-0.2, -0.15) is 17.0 Å². The van der Waals surface area contributed by atoms with Crippen molar-refractivity contribution in [1.29, 1.82) is 0 Å². The molecule has 0 bridgehead atoms. The predicted molar refractivity (Wildman–Crippen MR) is 86.4 cm³/mol. The van der Waals surface area contributed by atoms with Crippen molar-refractivity contribution in [3.05, 3.63) is 11.6 Å². The topological polar surface area (TPSA) is 52.7 Å². The lowest BCUT2D eigenvalue weighted by Gasteiger charge is -2.39. The van der Waals surface area contributed by atoms with Crippen molar-refractivity contribution in [1.82, 2.24) is 13.9 Å². The molecule has 0 aromatic carbocycles. The van der Waals surface area contributed by atoms with Crippen molar-refractivity contribution in [2.75, 3.05) is 26.2 Å². The first-order valence-corrected chi connectivity index (χ1v) is 9.47. The second kappa shape index (κ2) is 7.22. The highest BCUT2D eigenvalue weighted by Gasteiger charge is 2.36. The molecule has 0 amide bonds. The van der Waals surface area contributed by atoms with Crippen molar-refractivity contribution < 1.29 is 8.42 Å². The van der Waals surface area contributed by atoms with Gasteiger partial charge in [0.05, 0.1) is 0 Å². The monoisotopic (exact) mass is 315 g/mol. The molecule has 0 aromatic rings. The zero-order chi connectivity index (χ0) is 15.5. The van der Waals surface area contributed by atoms with Crippen LogP contribution >= 0.6 is 0 Å². The van der Waals surface area contributed by atoms with Gasteiger partial charge in [0.25, 0.3) is 10.2 Å². The minimum absolute atomic E-state index is 0.0955. The Balaban J connectivity index is 2.08. The Bertz CT molecular complexity index is 473. The van der Waals surface area contributed by atoms with Gasteiger partial charge in [-0.25, -0.2) is 0 Å². The molecule has 1 saturated heterocycles. The Morgan fingerprint density at radius 1 is 1.33 bits per heavy atom. The van der Waals surface area contributed by atoms with E-state index < -0.39 is 10.2 Å². The van der Waals surface area contributed by atoms with Gasteiger partial charge in [-0.3, -0.25) is 0 Å². The maximum Gasteiger partial charge on any atom is 0.282 e. The zero-order valence-corrected chi connectivity index (χ0v) is 14.3. The normalized spacial score (nSPS) is 26.1. The smallest absolute Gasteiger partial charge is 0.282 e. The first-order valence-electron chi connectivity index (χ1n) is 8.07. The highest BCUT2D eigenvalue weighted by Crippen LogP contribution is 2.24. The van der Waals surface area contributed by atoms with Crippen LogP contribution in [-0.4, -0.2) is 55.3 Å². The zero-order valence-electron chi connectivity index (χ0n) is 13.5. The van der Waals surface area contributed by atoms with Crippen molar-refractivity contribution in [2.24, 2.45) is 0 Å². The SMILES string of the molecule is CC1=CCN(S(=O)(=O)N2CCCCC2CNC(C)C)CC1. The number of hydrogen-bond acceptors (Lipinski definition) is 3. The van der Waals surface area contributed by atoms with Crippen molar-refractivity contribution in [3.63, 3.8) is 0 Å². The van der Waals surface area contributed by atoms with E-state index in [0.29, 0.717) is 25.7 Å². The molecule has 122 valence electrons. The van der Waals surface area contributed by atoms with Crippen LogP contribution in [0.2, 0.25) is 0 Å². The lowest BCUT2D eigenvalue weighted by Crippen LogP contribution is -2.54. The number of rotatable bonds is 5. The van der Waals surface area contributed by atoms with Crippen LogP contribution in [0.1, 0.15) is 46.5 Å². The molecule has 2 aliphatic heterocycles. The average Bonchev–Trinajstić information content (AvgIpc) is 2.46. The van der Waals surface area contributed by atoms with Crippen molar-refractivity contribution in [2.45, 2.75) is 58.5 Å². The molecule has 2 heterocycles. The Morgan fingerprint density at radius 3 is 2.71 bits per heavy atom. The van der Waals surface area contributed by atoms with Gasteiger partial charge in [-0.05, 0) is 26.2 Å². The van der Waals surface area contributed by atoms with Gasteiger partial charge < -0.3 is 5.32 Å². The van der Waals surface area contributed by atoms with E-state index in [9.17, 15) is 8.42 Å². The Hall–Kier alpha value is -0.430. The van der Waals surface area contributed by atoms with Crippen molar-refractivity contribution in [3.8, 4) is 0 Å². The van der Waals surface area contributed by atoms with E-state index in [2.05, 4.69) is 26.1 Å². The van der Waals surface area contributed by atoms with Crippen LogP contribution in [0.5, 0.6) is 0 Å². The second-order valence-corrected chi connectivity index (χ2v) is 8.37. The van der Waals surface area contributed by atoms with Crippen LogP contribution in [-0.2, 0) is 10.2 Å². The molecule has 2 rings (SSSR count). The molecular formula is C15H29N3O2S. The first kappa shape index (κ1) is 16.9. The summed E-state index contributed by atoms with van der Waals surface area (Å²) in [6.07, 6.45) is 5.94. The molecular weight excluding hydrogens is 286 g/mol. The minimum atomic E-state index is -3.32. The number of nitrogens with one attached hydrogen (secondary N) is 1. The molecule has 1 N–H and O–H groups in total. The summed E-state index contributed by atoms with van der Waals surface area (Å²) in [6, 6.07) is 0.482. The van der Waals surface area contributed by atoms with Crippen LogP contribution < -0.4 is 5.32 Å². The number of hydrogen-bond donors (Lipinski definition) is 1. The van der Waals surface area contributed by atoms with Crippen molar-refractivity contribution >= 4 is 10.2 Å². The van der Waals surface area contributed by atoms with Gasteiger partial charge in [-0.15, -0.1) is 0 Å². The molecule has 0 aromatic heterocycles. The molecule has 1 fully saturated rings. The highest BCUT2D eigenvalue weighted by atomic mass is 32.2. The quantitative estimate of drug-likeness (QED) is 0.786. The van der Waals surface area contributed by atoms with E-state index in [1.807, 2.05) is 6.08 Å². The van der Waals surface area contributed by atoms with Crippen LogP contribution in [0.3, 0.4) is 0 Å². The summed E-state index contributed by atoms with van der Waals surface area (Å²) in [6.45, 7) is 8.81. The van der Waals surface area contributed by atoms with Gasteiger partial charge >= 0.3 is 0 Å².